The maximum Gasteiger partial charge on any atom is 0.258 e. The van der Waals surface area contributed by atoms with Gasteiger partial charge in [0.1, 0.15) is 0 Å². The first-order valence-electron chi connectivity index (χ1n) is 8.36. The molecule has 1 aliphatic heterocycles. The van der Waals surface area contributed by atoms with Crippen LogP contribution in [0.2, 0.25) is 0 Å². The molecule has 1 aliphatic rings. The van der Waals surface area contributed by atoms with E-state index in [4.69, 9.17) is 0 Å². The molecule has 0 saturated carbocycles. The molecule has 1 N–H and O–H groups in total. The molecule has 0 radical (unpaired) electrons. The number of halogens is 1. The molecule has 0 saturated heterocycles. The van der Waals surface area contributed by atoms with Gasteiger partial charge in [-0.3, -0.25) is 4.79 Å². The van der Waals surface area contributed by atoms with Crippen molar-refractivity contribution >= 4 is 33.2 Å². The van der Waals surface area contributed by atoms with Gasteiger partial charge >= 0.3 is 0 Å². The second-order valence-electron chi connectivity index (χ2n) is 6.58. The van der Waals surface area contributed by atoms with Gasteiger partial charge < -0.3 is 10.2 Å². The molecule has 0 bridgehead atoms. The molecule has 3 rings (SSSR count). The normalized spacial score (nSPS) is 16.5. The molecule has 3 nitrogen and oxygen atoms in total. The van der Waals surface area contributed by atoms with Crippen LogP contribution in [0.1, 0.15) is 40.4 Å². The number of aryl methyl sites for hydroxylation is 3. The van der Waals surface area contributed by atoms with E-state index in [0.717, 1.165) is 27.8 Å². The molecule has 0 fully saturated rings. The first-order chi connectivity index (χ1) is 11.4. The lowest BCUT2D eigenvalue weighted by Crippen LogP contribution is -2.44. The summed E-state index contributed by atoms with van der Waals surface area (Å²) >= 11 is 3.53. The van der Waals surface area contributed by atoms with Crippen LogP contribution in [-0.2, 0) is 0 Å². The van der Waals surface area contributed by atoms with E-state index < -0.39 is 0 Å². The van der Waals surface area contributed by atoms with E-state index in [2.05, 4.69) is 54.2 Å². The molecule has 1 atom stereocenters. The lowest BCUT2D eigenvalue weighted by atomic mass is 10.0. The lowest BCUT2D eigenvalue weighted by Gasteiger charge is -2.36. The maximum absolute atomic E-state index is 13.2. The van der Waals surface area contributed by atoms with E-state index in [1.54, 1.807) is 0 Å². The van der Waals surface area contributed by atoms with Gasteiger partial charge in [-0.25, -0.2) is 0 Å². The standard InChI is InChI=1S/C20H23BrN2O/c1-5-16-11-23(19-9-14(4)13(3)8-18(19)22-16)20(24)15-7-6-12(2)17(21)10-15/h6-10,16,22H,5,11H2,1-4H3. The van der Waals surface area contributed by atoms with E-state index in [1.165, 1.54) is 11.1 Å². The quantitative estimate of drug-likeness (QED) is 0.766. The van der Waals surface area contributed by atoms with Gasteiger partial charge in [0.2, 0.25) is 0 Å². The largest absolute Gasteiger partial charge is 0.379 e. The summed E-state index contributed by atoms with van der Waals surface area (Å²) in [6.07, 6.45) is 0.980. The molecule has 1 heterocycles. The number of nitrogens with one attached hydrogen (secondary N) is 1. The zero-order valence-electron chi connectivity index (χ0n) is 14.6. The smallest absolute Gasteiger partial charge is 0.258 e. The molecule has 1 unspecified atom stereocenters. The highest BCUT2D eigenvalue weighted by atomic mass is 79.9. The Bertz CT molecular complexity index is 800. The van der Waals surface area contributed by atoms with Gasteiger partial charge in [-0.05, 0) is 68.1 Å². The number of hydrogen-bond donors (Lipinski definition) is 1. The van der Waals surface area contributed by atoms with Gasteiger partial charge in [0.25, 0.3) is 5.91 Å². The molecule has 0 spiro atoms. The van der Waals surface area contributed by atoms with E-state index in [1.807, 2.05) is 30.0 Å². The first-order valence-corrected chi connectivity index (χ1v) is 9.15. The van der Waals surface area contributed by atoms with Crippen LogP contribution in [0.4, 0.5) is 11.4 Å². The van der Waals surface area contributed by atoms with Crippen molar-refractivity contribution in [3.05, 3.63) is 57.1 Å². The van der Waals surface area contributed by atoms with Crippen molar-refractivity contribution in [1.82, 2.24) is 0 Å². The molecule has 4 heteroatoms. The predicted octanol–water partition coefficient (Wildman–Crippen LogP) is 5.23. The number of fused-ring (bicyclic) bond motifs is 1. The van der Waals surface area contributed by atoms with Crippen molar-refractivity contribution < 1.29 is 4.79 Å². The number of anilines is 2. The van der Waals surface area contributed by atoms with E-state index in [0.29, 0.717) is 12.1 Å². The molecular weight excluding hydrogens is 364 g/mol. The van der Waals surface area contributed by atoms with Gasteiger partial charge in [0, 0.05) is 22.6 Å². The minimum absolute atomic E-state index is 0.0557. The Morgan fingerprint density at radius 1 is 1.17 bits per heavy atom. The lowest BCUT2D eigenvalue weighted by molar-refractivity contribution is 0.0984. The number of nitrogens with zero attached hydrogens (tertiary/aromatic N) is 1. The van der Waals surface area contributed by atoms with Crippen LogP contribution in [0.25, 0.3) is 0 Å². The van der Waals surface area contributed by atoms with Gasteiger partial charge in [0.05, 0.1) is 11.4 Å². The number of rotatable bonds is 2. The van der Waals surface area contributed by atoms with Crippen molar-refractivity contribution in [1.29, 1.82) is 0 Å². The Labute approximate surface area is 152 Å². The summed E-state index contributed by atoms with van der Waals surface area (Å²) in [5, 5.41) is 3.57. The van der Waals surface area contributed by atoms with Crippen LogP contribution in [0.3, 0.4) is 0 Å². The van der Waals surface area contributed by atoms with Gasteiger partial charge in [-0.15, -0.1) is 0 Å². The zero-order chi connectivity index (χ0) is 17.4. The molecule has 2 aromatic rings. The third-order valence-electron chi connectivity index (χ3n) is 4.82. The molecule has 24 heavy (non-hydrogen) atoms. The maximum atomic E-state index is 13.2. The fourth-order valence-electron chi connectivity index (χ4n) is 3.03. The number of amides is 1. The summed E-state index contributed by atoms with van der Waals surface area (Å²) in [6.45, 7) is 9.06. The van der Waals surface area contributed by atoms with Crippen LogP contribution >= 0.6 is 15.9 Å². The number of benzene rings is 2. The second-order valence-corrected chi connectivity index (χ2v) is 7.44. The first kappa shape index (κ1) is 17.0. The Morgan fingerprint density at radius 3 is 2.54 bits per heavy atom. The molecular formula is C20H23BrN2O. The van der Waals surface area contributed by atoms with Crippen LogP contribution < -0.4 is 10.2 Å². The van der Waals surface area contributed by atoms with Crippen molar-refractivity contribution in [2.75, 3.05) is 16.8 Å². The van der Waals surface area contributed by atoms with Crippen LogP contribution in [0.5, 0.6) is 0 Å². The average molecular weight is 387 g/mol. The minimum atomic E-state index is 0.0557. The van der Waals surface area contributed by atoms with Crippen LogP contribution in [0, 0.1) is 20.8 Å². The summed E-state index contributed by atoms with van der Waals surface area (Å²) in [7, 11) is 0. The third-order valence-corrected chi connectivity index (χ3v) is 5.68. The summed E-state index contributed by atoms with van der Waals surface area (Å²) in [4.78, 5) is 15.1. The fraction of sp³-hybridized carbons (Fsp3) is 0.350. The highest BCUT2D eigenvalue weighted by molar-refractivity contribution is 9.10. The summed E-state index contributed by atoms with van der Waals surface area (Å²) in [5.74, 6) is 0.0557. The van der Waals surface area contributed by atoms with Gasteiger partial charge in [0.15, 0.2) is 0 Å². The number of hydrogen-bond acceptors (Lipinski definition) is 2. The van der Waals surface area contributed by atoms with Crippen molar-refractivity contribution in [2.45, 2.75) is 40.2 Å². The Balaban J connectivity index is 2.04. The topological polar surface area (TPSA) is 32.3 Å². The minimum Gasteiger partial charge on any atom is -0.379 e. The van der Waals surface area contributed by atoms with Crippen LogP contribution in [-0.4, -0.2) is 18.5 Å². The van der Waals surface area contributed by atoms with E-state index in [-0.39, 0.29) is 11.9 Å². The second kappa shape index (κ2) is 6.60. The fourth-order valence-corrected chi connectivity index (χ4v) is 3.41. The Morgan fingerprint density at radius 2 is 1.88 bits per heavy atom. The van der Waals surface area contributed by atoms with Crippen molar-refractivity contribution in [3.8, 4) is 0 Å². The SMILES string of the molecule is CCC1CN(C(=O)c2ccc(C)c(Br)c2)c2cc(C)c(C)cc2N1. The van der Waals surface area contributed by atoms with Gasteiger partial charge in [-0.1, -0.05) is 28.9 Å². The van der Waals surface area contributed by atoms with Crippen molar-refractivity contribution in [3.63, 3.8) is 0 Å². The summed E-state index contributed by atoms with van der Waals surface area (Å²) in [5.41, 5.74) is 6.32. The predicted molar refractivity (Wildman–Crippen MR) is 104 cm³/mol. The number of carbonyl (C=O) groups excluding carboxylic acids is 1. The molecule has 1 amide bonds. The monoisotopic (exact) mass is 386 g/mol. The van der Waals surface area contributed by atoms with E-state index >= 15 is 0 Å². The highest BCUT2D eigenvalue weighted by Gasteiger charge is 2.28. The van der Waals surface area contributed by atoms with Crippen molar-refractivity contribution in [2.24, 2.45) is 0 Å². The zero-order valence-corrected chi connectivity index (χ0v) is 16.2. The molecule has 2 aromatic carbocycles. The molecule has 126 valence electrons. The summed E-state index contributed by atoms with van der Waals surface area (Å²) < 4.78 is 0.968. The van der Waals surface area contributed by atoms with E-state index in [9.17, 15) is 4.79 Å². The summed E-state index contributed by atoms with van der Waals surface area (Å²) in [6, 6.07) is 10.4. The van der Waals surface area contributed by atoms with Gasteiger partial charge in [-0.2, -0.15) is 0 Å². The molecule has 0 aromatic heterocycles. The average Bonchev–Trinajstić information content (AvgIpc) is 2.57. The Hall–Kier alpha value is -1.81. The number of carbonyl (C=O) groups is 1. The Kier molecular flexibility index (Phi) is 4.68. The molecule has 0 aliphatic carbocycles. The third kappa shape index (κ3) is 3.07. The highest BCUT2D eigenvalue weighted by Crippen LogP contribution is 2.35. The van der Waals surface area contributed by atoms with Crippen LogP contribution in [0.15, 0.2) is 34.8 Å².